The number of hydrogen-bond donors (Lipinski definition) is 1. The fourth-order valence-electron chi connectivity index (χ4n) is 2.54. The number of aryl methyl sites for hydroxylation is 3. The third-order valence-corrected chi connectivity index (χ3v) is 4.89. The SMILES string of the molecule is CC(=NNC(=O)c1ccc(CSc2nc(C)cc(C)n2)cc1)c1ccc(C)o1. The molecule has 0 saturated carbocycles. The van der Waals surface area contributed by atoms with E-state index in [1.165, 1.54) is 0 Å². The molecule has 0 aliphatic carbocycles. The summed E-state index contributed by atoms with van der Waals surface area (Å²) in [5, 5.41) is 4.86. The standard InChI is InChI=1S/C21H22N4O2S/c1-13-11-14(2)23-21(22-13)28-12-17-6-8-18(9-7-17)20(26)25-24-16(4)19-10-5-15(3)27-19/h5-11H,12H2,1-4H3,(H,25,26). The number of amides is 1. The molecule has 0 fully saturated rings. The van der Waals surface area contributed by atoms with Crippen molar-refractivity contribution in [2.24, 2.45) is 5.10 Å². The number of carbonyl (C=O) groups is 1. The Balaban J connectivity index is 1.58. The van der Waals surface area contributed by atoms with Crippen LogP contribution in [-0.2, 0) is 5.75 Å². The summed E-state index contributed by atoms with van der Waals surface area (Å²) in [6, 6.07) is 13.1. The monoisotopic (exact) mass is 394 g/mol. The van der Waals surface area contributed by atoms with Gasteiger partial charge in [0, 0.05) is 22.7 Å². The van der Waals surface area contributed by atoms with Gasteiger partial charge in [-0.2, -0.15) is 5.10 Å². The number of benzene rings is 1. The van der Waals surface area contributed by atoms with Crippen LogP contribution in [0.5, 0.6) is 0 Å². The normalized spacial score (nSPS) is 11.5. The summed E-state index contributed by atoms with van der Waals surface area (Å²) in [4.78, 5) is 21.1. The lowest BCUT2D eigenvalue weighted by atomic mass is 10.1. The molecule has 2 heterocycles. The summed E-state index contributed by atoms with van der Waals surface area (Å²) in [7, 11) is 0. The maximum atomic E-state index is 12.3. The van der Waals surface area contributed by atoms with Gasteiger partial charge in [-0.15, -0.1) is 0 Å². The molecule has 0 saturated heterocycles. The van der Waals surface area contributed by atoms with Crippen molar-refractivity contribution in [3.8, 4) is 0 Å². The Morgan fingerprint density at radius 2 is 1.75 bits per heavy atom. The van der Waals surface area contributed by atoms with E-state index in [9.17, 15) is 4.79 Å². The average molecular weight is 395 g/mol. The predicted molar refractivity (Wildman–Crippen MR) is 111 cm³/mol. The van der Waals surface area contributed by atoms with Gasteiger partial charge in [0.15, 0.2) is 5.16 Å². The molecule has 1 N–H and O–H groups in total. The topological polar surface area (TPSA) is 80.4 Å². The molecule has 1 amide bonds. The van der Waals surface area contributed by atoms with Crippen LogP contribution >= 0.6 is 11.8 Å². The molecule has 144 valence electrons. The molecule has 7 heteroatoms. The summed E-state index contributed by atoms with van der Waals surface area (Å²) >= 11 is 1.57. The van der Waals surface area contributed by atoms with Gasteiger partial charge in [0.05, 0.1) is 0 Å². The van der Waals surface area contributed by atoms with Crippen molar-refractivity contribution < 1.29 is 9.21 Å². The second-order valence-corrected chi connectivity index (χ2v) is 7.41. The quantitative estimate of drug-likeness (QED) is 0.289. The smallest absolute Gasteiger partial charge is 0.271 e. The molecule has 3 aromatic rings. The highest BCUT2D eigenvalue weighted by Gasteiger charge is 2.08. The molecule has 0 aliphatic heterocycles. The van der Waals surface area contributed by atoms with E-state index < -0.39 is 0 Å². The summed E-state index contributed by atoms with van der Waals surface area (Å²) in [6.45, 7) is 7.57. The van der Waals surface area contributed by atoms with Gasteiger partial charge >= 0.3 is 0 Å². The van der Waals surface area contributed by atoms with Crippen LogP contribution in [0.3, 0.4) is 0 Å². The highest BCUT2D eigenvalue weighted by Crippen LogP contribution is 2.20. The first-order valence-corrected chi connectivity index (χ1v) is 9.85. The van der Waals surface area contributed by atoms with Gasteiger partial charge in [-0.05, 0) is 63.6 Å². The van der Waals surface area contributed by atoms with E-state index in [1.54, 1.807) is 30.8 Å². The lowest BCUT2D eigenvalue weighted by Crippen LogP contribution is -2.19. The number of thioether (sulfide) groups is 1. The van der Waals surface area contributed by atoms with Gasteiger partial charge in [0.1, 0.15) is 17.2 Å². The molecule has 2 aromatic heterocycles. The Labute approximate surface area is 168 Å². The summed E-state index contributed by atoms with van der Waals surface area (Å²) in [5.41, 5.74) is 6.73. The maximum absolute atomic E-state index is 12.3. The zero-order valence-electron chi connectivity index (χ0n) is 16.3. The third-order valence-electron chi connectivity index (χ3n) is 3.97. The molecule has 0 aliphatic rings. The van der Waals surface area contributed by atoms with Crippen LogP contribution in [0.25, 0.3) is 0 Å². The molecule has 28 heavy (non-hydrogen) atoms. The van der Waals surface area contributed by atoms with Crippen molar-refractivity contribution in [3.63, 3.8) is 0 Å². The van der Waals surface area contributed by atoms with E-state index in [4.69, 9.17) is 4.42 Å². The van der Waals surface area contributed by atoms with Gasteiger partial charge in [-0.3, -0.25) is 4.79 Å². The van der Waals surface area contributed by atoms with E-state index in [-0.39, 0.29) is 5.91 Å². The molecule has 0 atom stereocenters. The first-order valence-electron chi connectivity index (χ1n) is 8.86. The van der Waals surface area contributed by atoms with E-state index >= 15 is 0 Å². The minimum Gasteiger partial charge on any atom is -0.460 e. The number of aromatic nitrogens is 2. The van der Waals surface area contributed by atoms with Crippen molar-refractivity contribution in [1.29, 1.82) is 0 Å². The van der Waals surface area contributed by atoms with Gasteiger partial charge in [0.2, 0.25) is 0 Å². The molecule has 0 unspecified atom stereocenters. The van der Waals surface area contributed by atoms with Crippen molar-refractivity contribution in [2.45, 2.75) is 38.6 Å². The average Bonchev–Trinajstić information content (AvgIpc) is 3.10. The minimum absolute atomic E-state index is 0.264. The lowest BCUT2D eigenvalue weighted by Gasteiger charge is -2.05. The minimum atomic E-state index is -0.264. The summed E-state index contributed by atoms with van der Waals surface area (Å²) < 4.78 is 5.48. The van der Waals surface area contributed by atoms with Gasteiger partial charge in [-0.25, -0.2) is 15.4 Å². The van der Waals surface area contributed by atoms with E-state index in [0.29, 0.717) is 17.0 Å². The molecule has 1 aromatic carbocycles. The predicted octanol–water partition coefficient (Wildman–Crippen LogP) is 4.44. The fourth-order valence-corrected chi connectivity index (χ4v) is 3.45. The van der Waals surface area contributed by atoms with E-state index in [2.05, 4.69) is 20.5 Å². The van der Waals surface area contributed by atoms with Crippen LogP contribution in [0.4, 0.5) is 0 Å². The van der Waals surface area contributed by atoms with Crippen molar-refractivity contribution >= 4 is 23.4 Å². The zero-order chi connectivity index (χ0) is 20.1. The van der Waals surface area contributed by atoms with Crippen LogP contribution in [0, 0.1) is 20.8 Å². The third kappa shape index (κ3) is 5.29. The Morgan fingerprint density at radius 1 is 1.07 bits per heavy atom. The van der Waals surface area contributed by atoms with E-state index in [0.717, 1.165) is 33.6 Å². The van der Waals surface area contributed by atoms with Gasteiger partial charge in [-0.1, -0.05) is 23.9 Å². The van der Waals surface area contributed by atoms with Crippen molar-refractivity contribution in [1.82, 2.24) is 15.4 Å². The van der Waals surface area contributed by atoms with Crippen LogP contribution < -0.4 is 5.43 Å². The maximum Gasteiger partial charge on any atom is 0.271 e. The van der Waals surface area contributed by atoms with Crippen LogP contribution in [0.1, 0.15) is 45.8 Å². The highest BCUT2D eigenvalue weighted by molar-refractivity contribution is 7.98. The molecule has 6 nitrogen and oxygen atoms in total. The summed E-state index contributed by atoms with van der Waals surface area (Å²) in [6.07, 6.45) is 0. The first kappa shape index (κ1) is 19.8. The second kappa shape index (κ2) is 8.84. The molecule has 0 bridgehead atoms. The number of furan rings is 1. The lowest BCUT2D eigenvalue weighted by molar-refractivity contribution is 0.0955. The zero-order valence-corrected chi connectivity index (χ0v) is 17.1. The Bertz CT molecular complexity index is 989. The summed E-state index contributed by atoms with van der Waals surface area (Å²) in [5.74, 6) is 1.91. The molecular formula is C21H22N4O2S. The van der Waals surface area contributed by atoms with Crippen LogP contribution in [0.2, 0.25) is 0 Å². The fraction of sp³-hybridized carbons (Fsp3) is 0.238. The molecule has 0 radical (unpaired) electrons. The molecule has 0 spiro atoms. The van der Waals surface area contributed by atoms with Crippen molar-refractivity contribution in [2.75, 3.05) is 0 Å². The van der Waals surface area contributed by atoms with Gasteiger partial charge in [0.25, 0.3) is 5.91 Å². The first-order chi connectivity index (χ1) is 13.4. The van der Waals surface area contributed by atoms with Crippen LogP contribution in [0.15, 0.2) is 57.1 Å². The number of hydrogen-bond acceptors (Lipinski definition) is 6. The Hall–Kier alpha value is -2.93. The second-order valence-electron chi connectivity index (χ2n) is 6.47. The van der Waals surface area contributed by atoms with Crippen molar-refractivity contribution in [3.05, 3.63) is 76.5 Å². The number of carbonyl (C=O) groups excluding carboxylic acids is 1. The van der Waals surface area contributed by atoms with E-state index in [1.807, 2.05) is 51.1 Å². The number of rotatable bonds is 6. The Morgan fingerprint density at radius 3 is 2.36 bits per heavy atom. The number of nitrogens with one attached hydrogen (secondary N) is 1. The van der Waals surface area contributed by atoms with Gasteiger partial charge < -0.3 is 4.42 Å². The Kier molecular flexibility index (Phi) is 6.26. The number of nitrogens with zero attached hydrogens (tertiary/aromatic N) is 3. The molecular weight excluding hydrogens is 372 g/mol. The largest absolute Gasteiger partial charge is 0.460 e. The number of hydrazone groups is 1. The highest BCUT2D eigenvalue weighted by atomic mass is 32.2. The van der Waals surface area contributed by atoms with Crippen LogP contribution in [-0.4, -0.2) is 21.6 Å². The molecule has 3 rings (SSSR count).